The van der Waals surface area contributed by atoms with Crippen LogP contribution in [0.1, 0.15) is 97.0 Å². The summed E-state index contributed by atoms with van der Waals surface area (Å²) in [6, 6.07) is 14.7. The number of benzene rings is 2. The van der Waals surface area contributed by atoms with Crippen molar-refractivity contribution in [2.75, 3.05) is 44.6 Å². The summed E-state index contributed by atoms with van der Waals surface area (Å²) in [6.07, 6.45) is 8.91. The van der Waals surface area contributed by atoms with Crippen molar-refractivity contribution in [3.05, 3.63) is 94.3 Å². The summed E-state index contributed by atoms with van der Waals surface area (Å²) >= 11 is 0. The minimum absolute atomic E-state index is 0.0706. The van der Waals surface area contributed by atoms with E-state index in [1.807, 2.05) is 30.9 Å². The van der Waals surface area contributed by atoms with Gasteiger partial charge in [0.1, 0.15) is 18.2 Å². The molecule has 2 N–H and O–H groups in total. The van der Waals surface area contributed by atoms with Crippen molar-refractivity contribution < 1.29 is 32.7 Å². The number of aryl methyl sites for hydroxylation is 2. The Morgan fingerprint density at radius 3 is 2.37 bits per heavy atom. The second-order valence-corrected chi connectivity index (χ2v) is 18.2. The van der Waals surface area contributed by atoms with Gasteiger partial charge in [0.25, 0.3) is 5.91 Å². The molecule has 1 spiro atoms. The molecule has 9 rings (SSSR count). The third kappa shape index (κ3) is 8.74. The molecule has 15 heteroatoms. The van der Waals surface area contributed by atoms with Crippen LogP contribution in [0, 0.1) is 29.9 Å². The van der Waals surface area contributed by atoms with Gasteiger partial charge >= 0.3 is 0 Å². The van der Waals surface area contributed by atoms with Gasteiger partial charge in [0.05, 0.1) is 22.6 Å². The predicted octanol–water partition coefficient (Wildman–Crippen LogP) is 5.86. The second kappa shape index (κ2) is 17.3. The lowest BCUT2D eigenvalue weighted by Crippen LogP contribution is -2.47. The summed E-state index contributed by atoms with van der Waals surface area (Å²) < 4.78 is 34.3. The highest BCUT2D eigenvalue weighted by molar-refractivity contribution is 6.05. The molecule has 2 atom stereocenters. The number of pyridine rings is 1. The molecule has 0 radical (unpaired) electrons. The summed E-state index contributed by atoms with van der Waals surface area (Å²) in [5.74, 6) is -2.88. The van der Waals surface area contributed by atoms with Crippen LogP contribution in [0.3, 0.4) is 0 Å². The molecule has 4 aliphatic rings. The molecular weight excluding hydrogens is 793 g/mol. The first-order valence-electron chi connectivity index (χ1n) is 22.2. The monoisotopic (exact) mass is 848 g/mol. The first kappa shape index (κ1) is 41.8. The number of fused-ring (bicyclic) bond motifs is 7. The van der Waals surface area contributed by atoms with Gasteiger partial charge in [0.15, 0.2) is 18.9 Å². The van der Waals surface area contributed by atoms with E-state index in [-0.39, 0.29) is 24.3 Å². The number of imidazole rings is 1. The lowest BCUT2D eigenvalue weighted by Gasteiger charge is -2.47. The van der Waals surface area contributed by atoms with Crippen LogP contribution < -0.4 is 20.2 Å². The van der Waals surface area contributed by atoms with Crippen LogP contribution in [-0.2, 0) is 36.1 Å². The number of carbonyl (C=O) groups is 3. The molecule has 3 aromatic heterocycles. The van der Waals surface area contributed by atoms with Gasteiger partial charge in [-0.2, -0.15) is 0 Å². The summed E-state index contributed by atoms with van der Waals surface area (Å²) in [5, 5.41) is 5.35. The number of anilines is 1. The van der Waals surface area contributed by atoms with Crippen molar-refractivity contribution in [1.82, 2.24) is 34.5 Å². The number of amides is 3. The smallest absolute Gasteiger partial charge is 0.258 e. The van der Waals surface area contributed by atoms with Gasteiger partial charge in [-0.1, -0.05) is 17.7 Å². The van der Waals surface area contributed by atoms with Crippen LogP contribution in [0.5, 0.6) is 0 Å². The number of nitrogens with one attached hydrogen (secondary N) is 2. The molecule has 7 heterocycles. The zero-order valence-electron chi connectivity index (χ0n) is 35.9. The number of piperidine rings is 3. The van der Waals surface area contributed by atoms with Crippen LogP contribution in [-0.4, -0.2) is 86.2 Å². The van der Waals surface area contributed by atoms with Gasteiger partial charge in [0, 0.05) is 53.8 Å². The molecule has 62 heavy (non-hydrogen) atoms. The van der Waals surface area contributed by atoms with E-state index >= 15 is 8.78 Å². The number of hydrogen-bond acceptors (Lipinski definition) is 8. The van der Waals surface area contributed by atoms with Crippen LogP contribution in [0.4, 0.5) is 14.7 Å². The molecule has 4 aliphatic heterocycles. The number of rotatable bonds is 6. The van der Waals surface area contributed by atoms with Crippen LogP contribution in [0.25, 0.3) is 22.4 Å². The standard InChI is InChI=1S/C47H55F2N9O4/c1-30-5-4-22-62-58-40(11-16-54(58)3)39-27-34(23-31(2)50-39)44(60)53-46-51-38-8-6-33(26-41(38)57(46)28-30)29-56-20-14-47(15-21-56)12-18-55(19-13-47)17-10-32-24-36(48)43(37(49)25-32)35-7-9-42(59)52-45(35)61/h6,8,11,16,23-27,30,35H,4-5,7,9-10,12-15,17-22,28-29H2,1-3H3,(H-,51,52,53,59,60,61)/p+1/t30-,35-/m1/s1. The maximum atomic E-state index is 15.1. The van der Waals surface area contributed by atoms with Gasteiger partial charge in [-0.15, -0.1) is 0 Å². The third-order valence-corrected chi connectivity index (χ3v) is 13.7. The molecule has 13 nitrogen and oxygen atoms in total. The molecule has 2 aromatic carbocycles. The minimum atomic E-state index is -0.987. The fraction of sp³-hybridized carbons (Fsp3) is 0.489. The van der Waals surface area contributed by atoms with Crippen molar-refractivity contribution in [3.8, 4) is 11.4 Å². The van der Waals surface area contributed by atoms with Crippen molar-refractivity contribution >= 4 is 34.7 Å². The largest absolute Gasteiger partial charge is 0.368 e. The van der Waals surface area contributed by atoms with Crippen molar-refractivity contribution in [1.29, 1.82) is 0 Å². The lowest BCUT2D eigenvalue weighted by molar-refractivity contribution is -0.777. The van der Waals surface area contributed by atoms with Gasteiger partial charge in [-0.3, -0.25) is 34.9 Å². The number of carbonyl (C=O) groups excluding carboxylic acids is 3. The minimum Gasteiger partial charge on any atom is -0.368 e. The lowest BCUT2D eigenvalue weighted by atomic mass is 9.71. The zero-order valence-corrected chi connectivity index (χ0v) is 35.9. The Bertz CT molecular complexity index is 2490. The predicted molar refractivity (Wildman–Crippen MR) is 229 cm³/mol. The van der Waals surface area contributed by atoms with E-state index in [4.69, 9.17) is 14.8 Å². The maximum Gasteiger partial charge on any atom is 0.258 e. The highest BCUT2D eigenvalue weighted by atomic mass is 19.1. The van der Waals surface area contributed by atoms with Gasteiger partial charge in [-0.25, -0.2) is 13.8 Å². The zero-order chi connectivity index (χ0) is 43.1. The highest BCUT2D eigenvalue weighted by Crippen LogP contribution is 2.42. The Morgan fingerprint density at radius 2 is 1.63 bits per heavy atom. The van der Waals surface area contributed by atoms with E-state index in [9.17, 15) is 14.4 Å². The van der Waals surface area contributed by atoms with Crippen molar-refractivity contribution in [2.45, 2.75) is 90.6 Å². The average molecular weight is 849 g/mol. The van der Waals surface area contributed by atoms with Gasteiger partial charge in [0.2, 0.25) is 17.8 Å². The van der Waals surface area contributed by atoms with E-state index in [0.717, 1.165) is 100 Å². The topological polar surface area (TPSA) is 130 Å². The molecule has 326 valence electrons. The Hall–Kier alpha value is -5.54. The SMILES string of the molecule is Cc1cc2cc(n1)-c1cc[n+](C)n1OCCC[C@@H](C)Cn1c(nc3ccc(CN4CCC5(CCN(CCc6cc(F)c([C@H]7CCC(=O)NC7=O)c(F)c6)CC5)CC4)cc31)NC2=O. The number of halogens is 2. The van der Waals surface area contributed by atoms with Crippen LogP contribution >= 0.6 is 0 Å². The molecule has 0 unspecified atom stereocenters. The molecular formula is C47H56F2N9O4+. The summed E-state index contributed by atoms with van der Waals surface area (Å²) in [6.45, 7) is 10.9. The Balaban J connectivity index is 0.823. The third-order valence-electron chi connectivity index (χ3n) is 13.7. The summed E-state index contributed by atoms with van der Waals surface area (Å²) in [5.41, 5.74) is 6.39. The fourth-order valence-corrected chi connectivity index (χ4v) is 10.0. The number of likely N-dealkylation sites (tertiary alicyclic amines) is 2. The summed E-state index contributed by atoms with van der Waals surface area (Å²) in [4.78, 5) is 60.3. The van der Waals surface area contributed by atoms with Crippen LogP contribution in [0.2, 0.25) is 0 Å². The fourth-order valence-electron chi connectivity index (χ4n) is 10.0. The van der Waals surface area contributed by atoms with Gasteiger partial charge in [-0.05, 0) is 143 Å². The maximum absolute atomic E-state index is 15.1. The van der Waals surface area contributed by atoms with E-state index in [1.54, 1.807) is 17.0 Å². The number of nitrogens with zero attached hydrogens (tertiary/aromatic N) is 7. The van der Waals surface area contributed by atoms with Gasteiger partial charge < -0.3 is 14.3 Å². The normalized spacial score (nSPS) is 21.4. The molecule has 0 saturated carbocycles. The average Bonchev–Trinajstić information content (AvgIpc) is 3.78. The highest BCUT2D eigenvalue weighted by Gasteiger charge is 2.38. The summed E-state index contributed by atoms with van der Waals surface area (Å²) in [7, 11) is 1.92. The molecule has 5 aromatic rings. The van der Waals surface area contributed by atoms with E-state index in [2.05, 4.69) is 50.1 Å². The molecule has 3 fully saturated rings. The quantitative estimate of drug-likeness (QED) is 0.161. The van der Waals surface area contributed by atoms with Crippen molar-refractivity contribution in [2.24, 2.45) is 18.4 Å². The van der Waals surface area contributed by atoms with Crippen molar-refractivity contribution in [3.63, 3.8) is 0 Å². The van der Waals surface area contributed by atoms with E-state index < -0.39 is 29.4 Å². The Morgan fingerprint density at radius 1 is 0.887 bits per heavy atom. The number of hydrogen-bond donors (Lipinski definition) is 2. The van der Waals surface area contributed by atoms with E-state index in [0.29, 0.717) is 53.7 Å². The molecule has 0 aliphatic carbocycles. The first-order valence-corrected chi connectivity index (χ1v) is 22.2. The number of aromatic nitrogens is 5. The molecule has 3 amide bonds. The first-order chi connectivity index (χ1) is 29.9. The van der Waals surface area contributed by atoms with E-state index in [1.165, 1.54) is 17.7 Å². The number of imide groups is 1. The molecule has 3 saturated heterocycles. The Kier molecular flexibility index (Phi) is 11.7. The molecule has 2 bridgehead atoms. The Labute approximate surface area is 360 Å². The second-order valence-electron chi connectivity index (χ2n) is 18.2. The van der Waals surface area contributed by atoms with Crippen LogP contribution in [0.15, 0.2) is 54.7 Å².